The van der Waals surface area contributed by atoms with E-state index in [1.54, 1.807) is 12.1 Å². The van der Waals surface area contributed by atoms with Gasteiger partial charge in [0.05, 0.1) is 10.0 Å². The molecule has 0 N–H and O–H groups in total. The van der Waals surface area contributed by atoms with E-state index in [0.717, 1.165) is 10.8 Å². The molecule has 0 fully saturated rings. The second kappa shape index (κ2) is 5.97. The fourth-order valence-corrected chi connectivity index (χ4v) is 2.84. The van der Waals surface area contributed by atoms with Gasteiger partial charge in [-0.3, -0.25) is 0 Å². The van der Waals surface area contributed by atoms with Crippen molar-refractivity contribution in [3.63, 3.8) is 0 Å². The maximum Gasteiger partial charge on any atom is 0.246 e. The lowest BCUT2D eigenvalue weighted by atomic mass is 10.2. The fourth-order valence-electron chi connectivity index (χ4n) is 1.81. The highest BCUT2D eigenvalue weighted by molar-refractivity contribution is 9.10. The molecule has 0 spiro atoms. The van der Waals surface area contributed by atoms with Crippen LogP contribution < -0.4 is 4.74 Å². The van der Waals surface area contributed by atoms with Crippen molar-refractivity contribution < 1.29 is 4.74 Å². The molecule has 0 bridgehead atoms. The fraction of sp³-hybridized carbons (Fsp3) is 0. The molecule has 3 nitrogen and oxygen atoms in total. The van der Waals surface area contributed by atoms with Crippen LogP contribution in [0.5, 0.6) is 11.6 Å². The van der Waals surface area contributed by atoms with Crippen molar-refractivity contribution in [2.24, 2.45) is 0 Å². The Balaban J connectivity index is 2.11. The summed E-state index contributed by atoms with van der Waals surface area (Å²) in [5, 5.41) is 10.6. The van der Waals surface area contributed by atoms with Gasteiger partial charge in [0.25, 0.3) is 0 Å². The van der Waals surface area contributed by atoms with Crippen LogP contribution in [0.25, 0.3) is 10.8 Å². The summed E-state index contributed by atoms with van der Waals surface area (Å²) in [6, 6.07) is 10.7. The van der Waals surface area contributed by atoms with E-state index in [-0.39, 0.29) is 0 Å². The van der Waals surface area contributed by atoms with Crippen molar-refractivity contribution in [1.82, 2.24) is 10.2 Å². The Kier molecular flexibility index (Phi) is 4.22. The highest BCUT2D eigenvalue weighted by atomic mass is 79.9. The van der Waals surface area contributed by atoms with Crippen LogP contribution in [0.3, 0.4) is 0 Å². The van der Waals surface area contributed by atoms with Gasteiger partial charge in [-0.15, -0.1) is 10.2 Å². The predicted octanol–water partition coefficient (Wildman–Crippen LogP) is 6.14. The molecule has 0 aliphatic rings. The van der Waals surface area contributed by atoms with Gasteiger partial charge >= 0.3 is 0 Å². The molecule has 0 unspecified atom stereocenters. The van der Waals surface area contributed by atoms with E-state index in [4.69, 9.17) is 39.5 Å². The predicted molar refractivity (Wildman–Crippen MR) is 88.8 cm³/mol. The van der Waals surface area contributed by atoms with E-state index in [0.29, 0.717) is 31.3 Å². The van der Waals surface area contributed by atoms with Crippen LogP contribution in [0.1, 0.15) is 0 Å². The molecule has 0 radical (unpaired) electrons. The molecule has 7 heteroatoms. The zero-order valence-corrected chi connectivity index (χ0v) is 14.1. The van der Waals surface area contributed by atoms with E-state index in [1.807, 2.05) is 24.3 Å². The van der Waals surface area contributed by atoms with Gasteiger partial charge in [-0.25, -0.2) is 0 Å². The first-order chi connectivity index (χ1) is 10.1. The Morgan fingerprint density at radius 1 is 0.905 bits per heavy atom. The van der Waals surface area contributed by atoms with Crippen LogP contribution in [-0.4, -0.2) is 10.2 Å². The smallest absolute Gasteiger partial charge is 0.246 e. The Hall–Kier alpha value is -1.07. The van der Waals surface area contributed by atoms with Crippen LogP contribution in [-0.2, 0) is 0 Å². The summed E-state index contributed by atoms with van der Waals surface area (Å²) < 4.78 is 6.43. The lowest BCUT2D eigenvalue weighted by Gasteiger charge is -2.10. The Labute approximate surface area is 143 Å². The monoisotopic (exact) mass is 402 g/mol. The molecule has 3 rings (SSSR count). The van der Waals surface area contributed by atoms with Gasteiger partial charge in [0.15, 0.2) is 5.15 Å². The Bertz CT molecular complexity index is 842. The van der Waals surface area contributed by atoms with Crippen molar-refractivity contribution in [2.45, 2.75) is 0 Å². The van der Waals surface area contributed by atoms with Gasteiger partial charge in [0.1, 0.15) is 5.75 Å². The molecule has 0 saturated carbocycles. The molecule has 0 amide bonds. The maximum atomic E-state index is 6.15. The summed E-state index contributed by atoms with van der Waals surface area (Å²) in [7, 11) is 0. The first kappa shape index (κ1) is 14.9. The molecule has 1 heterocycles. The zero-order valence-electron chi connectivity index (χ0n) is 10.3. The van der Waals surface area contributed by atoms with E-state index in [1.165, 1.54) is 0 Å². The second-order valence-corrected chi connectivity index (χ2v) is 6.17. The average molecular weight is 404 g/mol. The minimum absolute atomic E-state index is 0.315. The highest BCUT2D eigenvalue weighted by Crippen LogP contribution is 2.38. The number of nitrogens with zero attached hydrogens (tertiary/aromatic N) is 2. The lowest BCUT2D eigenvalue weighted by molar-refractivity contribution is 0.462. The van der Waals surface area contributed by atoms with Crippen LogP contribution in [0.15, 0.2) is 40.9 Å². The largest absolute Gasteiger partial charge is 0.435 e. The van der Waals surface area contributed by atoms with Crippen molar-refractivity contribution in [3.8, 4) is 11.6 Å². The number of rotatable bonds is 2. The molecule has 0 atom stereocenters. The van der Waals surface area contributed by atoms with Gasteiger partial charge in [0.2, 0.25) is 5.88 Å². The molecule has 1 aromatic heterocycles. The quantitative estimate of drug-likeness (QED) is 0.481. The summed E-state index contributed by atoms with van der Waals surface area (Å²) in [5.41, 5.74) is 0. The third-order valence-electron chi connectivity index (χ3n) is 2.79. The van der Waals surface area contributed by atoms with Gasteiger partial charge in [-0.05, 0) is 28.1 Å². The molecule has 3 aromatic rings. The number of ether oxygens (including phenoxy) is 1. The number of hydrogen-bond acceptors (Lipinski definition) is 3. The van der Waals surface area contributed by atoms with E-state index < -0.39 is 0 Å². The standard InChI is InChI=1S/C14H6BrCl3N2O/c15-9-5-11(17)12(6-10(9)16)21-14-8-4-2-1-3-7(8)13(18)19-20-14/h1-6H. The van der Waals surface area contributed by atoms with E-state index in [2.05, 4.69) is 26.1 Å². The summed E-state index contributed by atoms with van der Waals surface area (Å²) in [6.45, 7) is 0. The summed E-state index contributed by atoms with van der Waals surface area (Å²) in [4.78, 5) is 0. The SMILES string of the molecule is Clc1cc(Oc2nnc(Cl)c3ccccc23)c(Cl)cc1Br. The number of halogens is 4. The molecule has 21 heavy (non-hydrogen) atoms. The number of benzene rings is 2. The van der Waals surface area contributed by atoms with Crippen molar-refractivity contribution in [3.05, 3.63) is 56.1 Å². The molecular formula is C14H6BrCl3N2O. The summed E-state index contributed by atoms with van der Waals surface area (Å²) in [6.07, 6.45) is 0. The zero-order chi connectivity index (χ0) is 15.0. The minimum atomic E-state index is 0.315. The second-order valence-electron chi connectivity index (χ2n) is 4.14. The van der Waals surface area contributed by atoms with Crippen molar-refractivity contribution >= 4 is 61.5 Å². The third-order valence-corrected chi connectivity index (χ3v) is 4.56. The Morgan fingerprint density at radius 2 is 1.62 bits per heavy atom. The van der Waals surface area contributed by atoms with Gasteiger partial charge < -0.3 is 4.74 Å². The number of fused-ring (bicyclic) bond motifs is 1. The Morgan fingerprint density at radius 3 is 2.38 bits per heavy atom. The first-order valence-electron chi connectivity index (χ1n) is 5.79. The molecule has 2 aromatic carbocycles. The van der Waals surface area contributed by atoms with Crippen LogP contribution in [0.2, 0.25) is 15.2 Å². The molecule has 106 valence electrons. The maximum absolute atomic E-state index is 6.15. The number of hydrogen-bond donors (Lipinski definition) is 0. The van der Waals surface area contributed by atoms with Crippen LogP contribution in [0, 0.1) is 0 Å². The summed E-state index contributed by atoms with van der Waals surface area (Å²) in [5.74, 6) is 0.710. The van der Waals surface area contributed by atoms with Gasteiger partial charge in [-0.1, -0.05) is 53.0 Å². The van der Waals surface area contributed by atoms with Gasteiger partial charge in [0, 0.05) is 21.3 Å². The van der Waals surface area contributed by atoms with Crippen LogP contribution in [0.4, 0.5) is 0 Å². The first-order valence-corrected chi connectivity index (χ1v) is 7.72. The van der Waals surface area contributed by atoms with Crippen molar-refractivity contribution in [2.75, 3.05) is 0 Å². The van der Waals surface area contributed by atoms with E-state index >= 15 is 0 Å². The molecule has 0 saturated heterocycles. The average Bonchev–Trinajstić information content (AvgIpc) is 2.48. The molecule has 0 aliphatic carbocycles. The van der Waals surface area contributed by atoms with Gasteiger partial charge in [-0.2, -0.15) is 0 Å². The minimum Gasteiger partial charge on any atom is -0.435 e. The van der Waals surface area contributed by atoms with Crippen LogP contribution >= 0.6 is 50.7 Å². The topological polar surface area (TPSA) is 35.0 Å². The highest BCUT2D eigenvalue weighted by Gasteiger charge is 2.13. The van der Waals surface area contributed by atoms with E-state index in [9.17, 15) is 0 Å². The lowest BCUT2D eigenvalue weighted by Crippen LogP contribution is -1.94. The normalized spacial score (nSPS) is 10.9. The summed E-state index contributed by atoms with van der Waals surface area (Å²) >= 11 is 21.5. The molecule has 0 aliphatic heterocycles. The molecular weight excluding hydrogens is 398 g/mol. The number of aromatic nitrogens is 2. The van der Waals surface area contributed by atoms with Crippen molar-refractivity contribution in [1.29, 1.82) is 0 Å². The third kappa shape index (κ3) is 2.94.